The second-order valence-electron chi connectivity index (χ2n) is 4.56. The first kappa shape index (κ1) is 12.4. The van der Waals surface area contributed by atoms with Crippen LogP contribution in [0.5, 0.6) is 5.88 Å². The SMILES string of the molecule is CCCCC[C@@H]1Cc2c(C)nn(C(N)=S)c2O1. The summed E-state index contributed by atoms with van der Waals surface area (Å²) in [6.45, 7) is 4.19. The lowest BCUT2D eigenvalue weighted by molar-refractivity contribution is 0.204. The molecule has 2 N–H and O–H groups in total. The third kappa shape index (κ3) is 2.44. The van der Waals surface area contributed by atoms with Crippen LogP contribution in [-0.4, -0.2) is 21.0 Å². The topological polar surface area (TPSA) is 53.1 Å². The fourth-order valence-electron chi connectivity index (χ4n) is 2.25. The predicted molar refractivity (Wildman–Crippen MR) is 71.4 cm³/mol. The Labute approximate surface area is 107 Å². The fraction of sp³-hybridized carbons (Fsp3) is 0.667. The molecule has 1 aliphatic heterocycles. The number of aromatic nitrogens is 2. The van der Waals surface area contributed by atoms with E-state index in [-0.39, 0.29) is 11.2 Å². The van der Waals surface area contributed by atoms with Gasteiger partial charge in [0.2, 0.25) is 5.88 Å². The Morgan fingerprint density at radius 1 is 1.59 bits per heavy atom. The number of hydrogen-bond donors (Lipinski definition) is 1. The van der Waals surface area contributed by atoms with Crippen LogP contribution in [0.25, 0.3) is 0 Å². The van der Waals surface area contributed by atoms with Crippen molar-refractivity contribution in [3.05, 3.63) is 11.3 Å². The maximum atomic E-state index is 5.90. The van der Waals surface area contributed by atoms with Crippen LogP contribution < -0.4 is 10.5 Å². The average molecular weight is 253 g/mol. The average Bonchev–Trinajstić information content (AvgIpc) is 2.80. The number of unbranched alkanes of at least 4 members (excludes halogenated alkanes) is 2. The molecule has 0 bridgehead atoms. The van der Waals surface area contributed by atoms with Crippen molar-refractivity contribution in [1.82, 2.24) is 9.78 Å². The van der Waals surface area contributed by atoms with Gasteiger partial charge in [0.25, 0.3) is 0 Å². The molecule has 1 aliphatic rings. The predicted octanol–water partition coefficient (Wildman–Crippen LogP) is 2.17. The minimum atomic E-state index is 0.253. The number of aryl methyl sites for hydroxylation is 1. The molecule has 0 aliphatic carbocycles. The smallest absolute Gasteiger partial charge is 0.222 e. The highest BCUT2D eigenvalue weighted by molar-refractivity contribution is 7.80. The largest absolute Gasteiger partial charge is 0.474 e. The van der Waals surface area contributed by atoms with Gasteiger partial charge in [0.1, 0.15) is 6.10 Å². The number of ether oxygens (including phenoxy) is 1. The minimum absolute atomic E-state index is 0.253. The van der Waals surface area contributed by atoms with Crippen LogP contribution in [0, 0.1) is 6.92 Å². The Hall–Kier alpha value is -1.10. The van der Waals surface area contributed by atoms with Crippen molar-refractivity contribution in [2.75, 3.05) is 0 Å². The van der Waals surface area contributed by atoms with Crippen molar-refractivity contribution in [2.24, 2.45) is 5.73 Å². The molecule has 17 heavy (non-hydrogen) atoms. The molecule has 0 aromatic carbocycles. The number of nitrogens with two attached hydrogens (primary N) is 1. The van der Waals surface area contributed by atoms with E-state index in [9.17, 15) is 0 Å². The first-order valence-corrected chi connectivity index (χ1v) is 6.59. The molecule has 4 nitrogen and oxygen atoms in total. The van der Waals surface area contributed by atoms with Crippen LogP contribution in [0.2, 0.25) is 0 Å². The van der Waals surface area contributed by atoms with Gasteiger partial charge in [0, 0.05) is 12.0 Å². The van der Waals surface area contributed by atoms with Crippen molar-refractivity contribution >= 4 is 17.3 Å². The first-order valence-electron chi connectivity index (χ1n) is 6.18. The Morgan fingerprint density at radius 2 is 2.35 bits per heavy atom. The Bertz CT molecular complexity index is 428. The monoisotopic (exact) mass is 253 g/mol. The van der Waals surface area contributed by atoms with Crippen LogP contribution >= 0.6 is 12.2 Å². The second kappa shape index (κ2) is 5.04. The van der Waals surface area contributed by atoms with Gasteiger partial charge in [-0.1, -0.05) is 19.8 Å². The molecular formula is C12H19N3OS. The molecule has 0 amide bonds. The normalized spacial score (nSPS) is 17.9. The van der Waals surface area contributed by atoms with Gasteiger partial charge in [-0.3, -0.25) is 0 Å². The van der Waals surface area contributed by atoms with Crippen LogP contribution in [0.4, 0.5) is 0 Å². The van der Waals surface area contributed by atoms with Gasteiger partial charge in [-0.05, 0) is 32.0 Å². The van der Waals surface area contributed by atoms with E-state index in [0.29, 0.717) is 0 Å². The molecule has 0 fully saturated rings. The molecule has 0 spiro atoms. The molecule has 5 heteroatoms. The summed E-state index contributed by atoms with van der Waals surface area (Å²) in [7, 11) is 0. The lowest BCUT2D eigenvalue weighted by Crippen LogP contribution is -2.23. The quantitative estimate of drug-likeness (QED) is 0.660. The van der Waals surface area contributed by atoms with E-state index in [0.717, 1.165) is 24.4 Å². The van der Waals surface area contributed by atoms with E-state index < -0.39 is 0 Å². The van der Waals surface area contributed by atoms with Gasteiger partial charge in [-0.25, -0.2) is 0 Å². The molecule has 1 atom stereocenters. The molecular weight excluding hydrogens is 234 g/mol. The molecule has 1 aromatic heterocycles. The van der Waals surface area contributed by atoms with Crippen molar-refractivity contribution in [3.63, 3.8) is 0 Å². The zero-order valence-electron chi connectivity index (χ0n) is 10.4. The zero-order valence-corrected chi connectivity index (χ0v) is 11.2. The summed E-state index contributed by atoms with van der Waals surface area (Å²) in [4.78, 5) is 0. The van der Waals surface area contributed by atoms with E-state index in [1.165, 1.54) is 24.8 Å². The zero-order chi connectivity index (χ0) is 12.4. The molecule has 0 saturated carbocycles. The van der Waals surface area contributed by atoms with Crippen molar-refractivity contribution in [2.45, 2.75) is 52.1 Å². The highest BCUT2D eigenvalue weighted by Gasteiger charge is 2.29. The summed E-state index contributed by atoms with van der Waals surface area (Å²) in [6.07, 6.45) is 6.02. The standard InChI is InChI=1S/C12H19N3OS/c1-3-4-5-6-9-7-10-8(2)14-15(12(13)17)11(10)16-9/h9H,3-7H2,1-2H3,(H2,13,17)/t9-/m1/s1. The lowest BCUT2D eigenvalue weighted by atomic mass is 10.1. The second-order valence-corrected chi connectivity index (χ2v) is 4.98. The van der Waals surface area contributed by atoms with Crippen molar-refractivity contribution in [1.29, 1.82) is 0 Å². The molecule has 0 radical (unpaired) electrons. The van der Waals surface area contributed by atoms with E-state index in [1.807, 2.05) is 6.92 Å². The molecule has 94 valence electrons. The fourth-order valence-corrected chi connectivity index (χ4v) is 2.38. The first-order chi connectivity index (χ1) is 8.13. The highest BCUT2D eigenvalue weighted by Crippen LogP contribution is 2.32. The van der Waals surface area contributed by atoms with Gasteiger partial charge in [-0.15, -0.1) is 0 Å². The number of thiocarbonyl (C=S) groups is 1. The number of nitrogens with zero attached hydrogens (tertiary/aromatic N) is 2. The summed E-state index contributed by atoms with van der Waals surface area (Å²) in [5.41, 5.74) is 7.76. The maximum absolute atomic E-state index is 5.90. The minimum Gasteiger partial charge on any atom is -0.474 e. The third-order valence-electron chi connectivity index (χ3n) is 3.19. The summed E-state index contributed by atoms with van der Waals surface area (Å²) in [5, 5.41) is 4.54. The molecule has 0 unspecified atom stereocenters. The van der Waals surface area contributed by atoms with E-state index in [4.69, 9.17) is 22.7 Å². The van der Waals surface area contributed by atoms with Crippen LogP contribution in [0.15, 0.2) is 0 Å². The number of rotatable bonds is 4. The van der Waals surface area contributed by atoms with E-state index >= 15 is 0 Å². The molecule has 2 heterocycles. The number of fused-ring (bicyclic) bond motifs is 1. The van der Waals surface area contributed by atoms with Crippen LogP contribution in [-0.2, 0) is 6.42 Å². The highest BCUT2D eigenvalue weighted by atomic mass is 32.1. The van der Waals surface area contributed by atoms with Gasteiger partial charge in [0.15, 0.2) is 5.11 Å². The van der Waals surface area contributed by atoms with Crippen molar-refractivity contribution < 1.29 is 4.74 Å². The molecule has 0 saturated heterocycles. The van der Waals surface area contributed by atoms with Gasteiger partial charge in [-0.2, -0.15) is 9.78 Å². The van der Waals surface area contributed by atoms with E-state index in [1.54, 1.807) is 4.68 Å². The van der Waals surface area contributed by atoms with Gasteiger partial charge < -0.3 is 10.5 Å². The summed E-state index contributed by atoms with van der Waals surface area (Å²) in [6, 6.07) is 0. The van der Waals surface area contributed by atoms with Crippen molar-refractivity contribution in [3.8, 4) is 5.88 Å². The van der Waals surface area contributed by atoms with Crippen LogP contribution in [0.1, 0.15) is 43.9 Å². The Kier molecular flexibility index (Phi) is 3.66. The molecule has 2 rings (SSSR count). The van der Waals surface area contributed by atoms with Gasteiger partial charge in [0.05, 0.1) is 5.69 Å². The third-order valence-corrected chi connectivity index (χ3v) is 3.36. The summed E-state index contributed by atoms with van der Waals surface area (Å²) >= 11 is 4.96. The Balaban J connectivity index is 2.06. The lowest BCUT2D eigenvalue weighted by Gasteiger charge is -2.11. The molecule has 1 aromatic rings. The van der Waals surface area contributed by atoms with Gasteiger partial charge >= 0.3 is 0 Å². The summed E-state index contributed by atoms with van der Waals surface area (Å²) in [5.74, 6) is 0.761. The van der Waals surface area contributed by atoms with Crippen LogP contribution in [0.3, 0.4) is 0 Å². The summed E-state index contributed by atoms with van der Waals surface area (Å²) < 4.78 is 7.44. The number of hydrogen-bond acceptors (Lipinski definition) is 3. The van der Waals surface area contributed by atoms with E-state index in [2.05, 4.69) is 12.0 Å². The maximum Gasteiger partial charge on any atom is 0.222 e. The Morgan fingerprint density at radius 3 is 3.00 bits per heavy atom.